The molecule has 0 spiro atoms. The summed E-state index contributed by atoms with van der Waals surface area (Å²) >= 11 is 1.18. The molecular weight excluding hydrogens is 476 g/mol. The zero-order valence-corrected chi connectivity index (χ0v) is 20.3. The number of amides is 1. The van der Waals surface area contributed by atoms with E-state index in [0.717, 1.165) is 11.4 Å². The molecule has 0 aliphatic carbocycles. The van der Waals surface area contributed by atoms with Crippen LogP contribution in [0.3, 0.4) is 0 Å². The van der Waals surface area contributed by atoms with Crippen molar-refractivity contribution < 1.29 is 14.3 Å². The minimum atomic E-state index is -0.402. The average Bonchev–Trinajstić information content (AvgIpc) is 2.89. The molecule has 3 aromatic carbocycles. The number of hydrogen-bond donors (Lipinski definition) is 3. The van der Waals surface area contributed by atoms with Gasteiger partial charge in [-0.15, -0.1) is 0 Å². The van der Waals surface area contributed by atoms with Crippen LogP contribution in [0.1, 0.15) is 17.3 Å². The van der Waals surface area contributed by atoms with Crippen LogP contribution < -0.4 is 16.0 Å². The molecule has 0 atom stereocenters. The van der Waals surface area contributed by atoms with Crippen molar-refractivity contribution in [3.05, 3.63) is 90.5 Å². The Morgan fingerprint density at radius 2 is 1.31 bits per heavy atom. The molecule has 1 aromatic heterocycles. The molecule has 36 heavy (non-hydrogen) atoms. The number of benzene rings is 3. The van der Waals surface area contributed by atoms with Crippen LogP contribution in [0.25, 0.3) is 0 Å². The number of anilines is 5. The van der Waals surface area contributed by atoms with Gasteiger partial charge in [0.1, 0.15) is 0 Å². The molecule has 0 fully saturated rings. The summed E-state index contributed by atoms with van der Waals surface area (Å²) in [6.45, 7) is 2.05. The maximum Gasteiger partial charge on any atom is 0.338 e. The lowest BCUT2D eigenvalue weighted by atomic mass is 10.2. The van der Waals surface area contributed by atoms with Crippen molar-refractivity contribution >= 4 is 52.6 Å². The van der Waals surface area contributed by atoms with Crippen molar-refractivity contribution in [2.75, 3.05) is 28.3 Å². The topological polar surface area (TPSA) is 118 Å². The highest BCUT2D eigenvalue weighted by Crippen LogP contribution is 2.22. The maximum absolute atomic E-state index is 12.5. The Bertz CT molecular complexity index is 1240. The van der Waals surface area contributed by atoms with Gasteiger partial charge in [0.25, 0.3) is 0 Å². The number of para-hydroxylation sites is 2. The predicted molar refractivity (Wildman–Crippen MR) is 141 cm³/mol. The molecular formula is C26H24N6O3S. The van der Waals surface area contributed by atoms with Crippen molar-refractivity contribution in [3.63, 3.8) is 0 Å². The van der Waals surface area contributed by atoms with Gasteiger partial charge >= 0.3 is 5.97 Å². The van der Waals surface area contributed by atoms with E-state index in [9.17, 15) is 9.59 Å². The molecule has 0 unspecified atom stereocenters. The predicted octanol–water partition coefficient (Wildman–Crippen LogP) is 5.27. The molecule has 182 valence electrons. The standard InChI is InChI=1S/C26H24N6O3S/c1-2-35-23(34)18-13-15-21(16-14-18)27-22(33)17-36-26-31-24(28-19-9-5-3-6-10-19)30-25(32-26)29-20-11-7-4-8-12-20/h3-16H,2,17H2,1H3,(H,27,33)(H2,28,29,30,31,32). The molecule has 0 bridgehead atoms. The smallest absolute Gasteiger partial charge is 0.338 e. The highest BCUT2D eigenvalue weighted by molar-refractivity contribution is 7.99. The molecule has 0 saturated carbocycles. The average molecular weight is 501 g/mol. The Morgan fingerprint density at radius 1 is 0.750 bits per heavy atom. The number of nitrogens with one attached hydrogen (secondary N) is 3. The number of thioether (sulfide) groups is 1. The van der Waals surface area contributed by atoms with Crippen LogP contribution >= 0.6 is 11.8 Å². The quantitative estimate of drug-likeness (QED) is 0.198. The number of esters is 1. The van der Waals surface area contributed by atoms with Crippen LogP contribution in [0.2, 0.25) is 0 Å². The normalized spacial score (nSPS) is 10.4. The third-order valence-electron chi connectivity index (χ3n) is 4.69. The van der Waals surface area contributed by atoms with Crippen LogP contribution in [0, 0.1) is 0 Å². The first kappa shape index (κ1) is 24.7. The lowest BCUT2D eigenvalue weighted by Gasteiger charge is -2.10. The third-order valence-corrected chi connectivity index (χ3v) is 5.53. The lowest BCUT2D eigenvalue weighted by Crippen LogP contribution is -2.15. The summed E-state index contributed by atoms with van der Waals surface area (Å²) in [5.41, 5.74) is 2.65. The van der Waals surface area contributed by atoms with Crippen LogP contribution in [0.15, 0.2) is 90.1 Å². The molecule has 0 saturated heterocycles. The minimum absolute atomic E-state index is 0.0825. The SMILES string of the molecule is CCOC(=O)c1ccc(NC(=O)CSc2nc(Nc3ccccc3)nc(Nc3ccccc3)n2)cc1. The number of aromatic nitrogens is 3. The van der Waals surface area contributed by atoms with Crippen LogP contribution in [-0.2, 0) is 9.53 Å². The minimum Gasteiger partial charge on any atom is -0.462 e. The fourth-order valence-electron chi connectivity index (χ4n) is 3.07. The van der Waals surface area contributed by atoms with Crippen molar-refractivity contribution in [1.29, 1.82) is 0 Å². The van der Waals surface area contributed by atoms with Gasteiger partial charge in [-0.3, -0.25) is 4.79 Å². The summed E-state index contributed by atoms with van der Waals surface area (Å²) in [6, 6.07) is 25.6. The Kier molecular flexibility index (Phi) is 8.44. The number of carbonyl (C=O) groups is 2. The Hall–Kier alpha value is -4.44. The van der Waals surface area contributed by atoms with E-state index >= 15 is 0 Å². The number of hydrogen-bond acceptors (Lipinski definition) is 9. The second kappa shape index (κ2) is 12.3. The molecule has 0 aliphatic rings. The van der Waals surface area contributed by atoms with E-state index in [1.165, 1.54) is 11.8 Å². The van der Waals surface area contributed by atoms with Crippen molar-refractivity contribution in [2.24, 2.45) is 0 Å². The first-order valence-electron chi connectivity index (χ1n) is 11.2. The molecule has 9 nitrogen and oxygen atoms in total. The largest absolute Gasteiger partial charge is 0.462 e. The van der Waals surface area contributed by atoms with Gasteiger partial charge in [-0.05, 0) is 55.5 Å². The summed E-state index contributed by atoms with van der Waals surface area (Å²) in [5, 5.41) is 9.52. The Labute approximate surface area is 212 Å². The number of carbonyl (C=O) groups excluding carboxylic acids is 2. The zero-order chi connectivity index (χ0) is 25.2. The lowest BCUT2D eigenvalue weighted by molar-refractivity contribution is -0.113. The van der Waals surface area contributed by atoms with E-state index < -0.39 is 5.97 Å². The van der Waals surface area contributed by atoms with E-state index in [1.807, 2.05) is 60.7 Å². The van der Waals surface area contributed by atoms with Gasteiger partial charge in [0.15, 0.2) is 5.16 Å². The van der Waals surface area contributed by atoms with Crippen LogP contribution in [-0.4, -0.2) is 39.2 Å². The van der Waals surface area contributed by atoms with Crippen LogP contribution in [0.5, 0.6) is 0 Å². The zero-order valence-electron chi connectivity index (χ0n) is 19.5. The summed E-state index contributed by atoms with van der Waals surface area (Å²) in [4.78, 5) is 37.7. The molecule has 1 amide bonds. The van der Waals surface area contributed by atoms with E-state index in [2.05, 4.69) is 30.9 Å². The van der Waals surface area contributed by atoms with Crippen molar-refractivity contribution in [3.8, 4) is 0 Å². The summed E-state index contributed by atoms with van der Waals surface area (Å²) < 4.78 is 4.97. The first-order chi connectivity index (χ1) is 17.6. The third kappa shape index (κ3) is 7.28. The second-order valence-corrected chi connectivity index (χ2v) is 8.32. The summed E-state index contributed by atoms with van der Waals surface area (Å²) in [7, 11) is 0. The molecule has 10 heteroatoms. The summed E-state index contributed by atoms with van der Waals surface area (Å²) in [5.74, 6) is 0.151. The number of rotatable bonds is 10. The van der Waals surface area contributed by atoms with E-state index in [1.54, 1.807) is 31.2 Å². The van der Waals surface area contributed by atoms with Gasteiger partial charge in [0, 0.05) is 17.1 Å². The Morgan fingerprint density at radius 3 is 1.83 bits per heavy atom. The number of ether oxygens (including phenoxy) is 1. The van der Waals surface area contributed by atoms with Gasteiger partial charge in [-0.2, -0.15) is 15.0 Å². The highest BCUT2D eigenvalue weighted by Gasteiger charge is 2.12. The van der Waals surface area contributed by atoms with E-state index in [-0.39, 0.29) is 11.7 Å². The highest BCUT2D eigenvalue weighted by atomic mass is 32.2. The van der Waals surface area contributed by atoms with E-state index in [4.69, 9.17) is 4.74 Å². The molecule has 0 radical (unpaired) electrons. The van der Waals surface area contributed by atoms with Crippen molar-refractivity contribution in [1.82, 2.24) is 15.0 Å². The number of nitrogens with zero attached hydrogens (tertiary/aromatic N) is 3. The second-order valence-electron chi connectivity index (χ2n) is 7.38. The van der Waals surface area contributed by atoms with Gasteiger partial charge in [-0.1, -0.05) is 48.2 Å². The first-order valence-corrected chi connectivity index (χ1v) is 12.2. The van der Waals surface area contributed by atoms with Crippen LogP contribution in [0.4, 0.5) is 29.0 Å². The fraction of sp³-hybridized carbons (Fsp3) is 0.115. The monoisotopic (exact) mass is 500 g/mol. The molecule has 4 aromatic rings. The molecule has 3 N–H and O–H groups in total. The van der Waals surface area contributed by atoms with Gasteiger partial charge in [0.2, 0.25) is 17.8 Å². The molecule has 1 heterocycles. The summed E-state index contributed by atoms with van der Waals surface area (Å²) in [6.07, 6.45) is 0. The fourth-order valence-corrected chi connectivity index (χ4v) is 3.70. The van der Waals surface area contributed by atoms with Gasteiger partial charge in [-0.25, -0.2) is 4.79 Å². The van der Waals surface area contributed by atoms with Gasteiger partial charge < -0.3 is 20.7 Å². The van der Waals surface area contributed by atoms with Crippen molar-refractivity contribution in [2.45, 2.75) is 12.1 Å². The maximum atomic E-state index is 12.5. The van der Waals surface area contributed by atoms with Gasteiger partial charge in [0.05, 0.1) is 17.9 Å². The Balaban J connectivity index is 1.43. The molecule has 4 rings (SSSR count). The van der Waals surface area contributed by atoms with E-state index in [0.29, 0.717) is 34.9 Å². The molecule has 0 aliphatic heterocycles.